The van der Waals surface area contributed by atoms with Crippen molar-refractivity contribution in [2.24, 2.45) is 0 Å². The maximum atomic E-state index is 13.1. The zero-order valence-electron chi connectivity index (χ0n) is 9.57. The molecule has 0 aliphatic heterocycles. The van der Waals surface area contributed by atoms with Gasteiger partial charge in [-0.05, 0) is 30.5 Å². The van der Waals surface area contributed by atoms with Crippen LogP contribution in [0.1, 0.15) is 29.5 Å². The molecule has 1 aromatic carbocycles. The van der Waals surface area contributed by atoms with Gasteiger partial charge in [0.15, 0.2) is 0 Å². The summed E-state index contributed by atoms with van der Waals surface area (Å²) in [5.41, 5.74) is 0.889. The Labute approximate surface area is 114 Å². The van der Waals surface area contributed by atoms with E-state index in [0.717, 1.165) is 10.6 Å². The van der Waals surface area contributed by atoms with Crippen molar-refractivity contribution < 1.29 is 4.39 Å². The number of hydrogen-bond donors (Lipinski definition) is 1. The lowest BCUT2D eigenvalue weighted by Gasteiger charge is -2.18. The minimum Gasteiger partial charge on any atom is -0.301 e. The second-order valence-electron chi connectivity index (χ2n) is 4.41. The Morgan fingerprint density at radius 3 is 2.89 bits per heavy atom. The van der Waals surface area contributed by atoms with E-state index in [1.54, 1.807) is 23.6 Å². The third kappa shape index (κ3) is 2.55. The molecule has 3 rings (SSSR count). The van der Waals surface area contributed by atoms with Crippen molar-refractivity contribution in [2.75, 3.05) is 0 Å². The van der Waals surface area contributed by atoms with E-state index in [1.165, 1.54) is 25.0 Å². The predicted octanol–water partition coefficient (Wildman–Crippen LogP) is 3.78. The van der Waals surface area contributed by atoms with Crippen molar-refractivity contribution in [1.29, 1.82) is 0 Å². The molecule has 1 aliphatic carbocycles. The second-order valence-corrected chi connectivity index (χ2v) is 5.74. The van der Waals surface area contributed by atoms with Crippen LogP contribution in [-0.4, -0.2) is 11.0 Å². The van der Waals surface area contributed by atoms with E-state index < -0.39 is 0 Å². The van der Waals surface area contributed by atoms with Crippen LogP contribution in [0, 0.1) is 5.82 Å². The van der Waals surface area contributed by atoms with E-state index >= 15 is 0 Å². The quantitative estimate of drug-likeness (QED) is 0.923. The Hall–Kier alpha value is -0.970. The van der Waals surface area contributed by atoms with Crippen molar-refractivity contribution >= 4 is 22.9 Å². The van der Waals surface area contributed by atoms with Crippen LogP contribution in [0.4, 0.5) is 4.39 Å². The summed E-state index contributed by atoms with van der Waals surface area (Å²) < 4.78 is 13.1. The molecule has 1 heterocycles. The molecule has 5 heteroatoms. The van der Waals surface area contributed by atoms with Crippen molar-refractivity contribution in [3.63, 3.8) is 0 Å². The Bertz CT molecular complexity index is 540. The first-order chi connectivity index (χ1) is 8.74. The van der Waals surface area contributed by atoms with Gasteiger partial charge in [-0.15, -0.1) is 11.3 Å². The standard InChI is InChI=1S/C13H12ClFN2S/c14-11-7-8(15)1-4-10(11)12(17-9-2-3-9)13-16-5-6-18-13/h1,4-7,9,12,17H,2-3H2. The van der Waals surface area contributed by atoms with Gasteiger partial charge in [0.2, 0.25) is 0 Å². The summed E-state index contributed by atoms with van der Waals surface area (Å²) in [5, 5.41) is 6.87. The molecule has 0 bridgehead atoms. The van der Waals surface area contributed by atoms with Crippen LogP contribution in [0.25, 0.3) is 0 Å². The van der Waals surface area contributed by atoms with Gasteiger partial charge in [-0.2, -0.15) is 0 Å². The Morgan fingerprint density at radius 2 is 2.28 bits per heavy atom. The third-order valence-corrected chi connectivity index (χ3v) is 4.12. The minimum absolute atomic E-state index is 0.0365. The van der Waals surface area contributed by atoms with Gasteiger partial charge in [-0.3, -0.25) is 0 Å². The van der Waals surface area contributed by atoms with Gasteiger partial charge < -0.3 is 5.32 Å². The van der Waals surface area contributed by atoms with Crippen LogP contribution in [0.15, 0.2) is 29.8 Å². The summed E-state index contributed by atoms with van der Waals surface area (Å²) >= 11 is 7.72. The normalized spacial score (nSPS) is 16.8. The van der Waals surface area contributed by atoms with E-state index in [9.17, 15) is 4.39 Å². The molecule has 0 radical (unpaired) electrons. The van der Waals surface area contributed by atoms with E-state index in [-0.39, 0.29) is 11.9 Å². The molecule has 1 aromatic heterocycles. The van der Waals surface area contributed by atoms with Crippen LogP contribution in [0.3, 0.4) is 0 Å². The average molecular weight is 283 g/mol. The van der Waals surface area contributed by atoms with Gasteiger partial charge in [0.1, 0.15) is 10.8 Å². The SMILES string of the molecule is Fc1ccc(C(NC2CC2)c2nccs2)c(Cl)c1. The Balaban J connectivity index is 1.96. The highest BCUT2D eigenvalue weighted by molar-refractivity contribution is 7.09. The number of hydrogen-bond acceptors (Lipinski definition) is 3. The monoisotopic (exact) mass is 282 g/mol. The highest BCUT2D eigenvalue weighted by Gasteiger charge is 2.28. The average Bonchev–Trinajstić information content (AvgIpc) is 3.00. The molecule has 2 aromatic rings. The van der Waals surface area contributed by atoms with Crippen molar-refractivity contribution in [1.82, 2.24) is 10.3 Å². The number of nitrogens with zero attached hydrogens (tertiary/aromatic N) is 1. The minimum atomic E-state index is -0.312. The molecule has 1 N–H and O–H groups in total. The number of thiazole rings is 1. The maximum Gasteiger partial charge on any atom is 0.124 e. The first-order valence-electron chi connectivity index (χ1n) is 5.84. The largest absolute Gasteiger partial charge is 0.301 e. The molecule has 2 nitrogen and oxygen atoms in total. The fourth-order valence-corrected chi connectivity index (χ4v) is 2.88. The lowest BCUT2D eigenvalue weighted by Crippen LogP contribution is -2.24. The maximum absolute atomic E-state index is 13.1. The number of benzene rings is 1. The first kappa shape index (κ1) is 12.1. The molecule has 1 aliphatic rings. The Kier molecular flexibility index (Phi) is 3.33. The van der Waals surface area contributed by atoms with Gasteiger partial charge in [-0.25, -0.2) is 9.37 Å². The summed E-state index contributed by atoms with van der Waals surface area (Å²) in [6.45, 7) is 0. The molecule has 0 amide bonds. The van der Waals surface area contributed by atoms with Gasteiger partial charge >= 0.3 is 0 Å². The van der Waals surface area contributed by atoms with Crippen LogP contribution in [0.2, 0.25) is 5.02 Å². The molecule has 94 valence electrons. The smallest absolute Gasteiger partial charge is 0.124 e. The van der Waals surface area contributed by atoms with Crippen LogP contribution in [0.5, 0.6) is 0 Å². The van der Waals surface area contributed by atoms with Gasteiger partial charge in [0.25, 0.3) is 0 Å². The molecule has 1 saturated carbocycles. The van der Waals surface area contributed by atoms with E-state index in [1.807, 2.05) is 5.38 Å². The van der Waals surface area contributed by atoms with Gasteiger partial charge in [0.05, 0.1) is 6.04 Å². The predicted molar refractivity (Wildman–Crippen MR) is 71.5 cm³/mol. The molecule has 1 fully saturated rings. The zero-order chi connectivity index (χ0) is 12.5. The van der Waals surface area contributed by atoms with Crippen molar-refractivity contribution in [2.45, 2.75) is 24.9 Å². The fourth-order valence-electron chi connectivity index (χ4n) is 1.89. The van der Waals surface area contributed by atoms with Gasteiger partial charge in [0, 0.05) is 22.6 Å². The molecular weight excluding hydrogens is 271 g/mol. The van der Waals surface area contributed by atoms with Gasteiger partial charge in [-0.1, -0.05) is 17.7 Å². The summed E-state index contributed by atoms with van der Waals surface area (Å²) in [6, 6.07) is 5.02. The lowest BCUT2D eigenvalue weighted by molar-refractivity contribution is 0.592. The summed E-state index contributed by atoms with van der Waals surface area (Å²) in [6.07, 6.45) is 4.14. The first-order valence-corrected chi connectivity index (χ1v) is 7.10. The molecule has 18 heavy (non-hydrogen) atoms. The highest BCUT2D eigenvalue weighted by Crippen LogP contribution is 2.33. The van der Waals surface area contributed by atoms with Crippen LogP contribution in [-0.2, 0) is 0 Å². The lowest BCUT2D eigenvalue weighted by atomic mass is 10.1. The number of rotatable bonds is 4. The molecule has 1 atom stereocenters. The molecule has 0 spiro atoms. The van der Waals surface area contributed by atoms with Crippen molar-refractivity contribution in [3.05, 3.63) is 51.2 Å². The highest BCUT2D eigenvalue weighted by atomic mass is 35.5. The van der Waals surface area contributed by atoms with Crippen molar-refractivity contribution in [3.8, 4) is 0 Å². The number of nitrogens with one attached hydrogen (secondary N) is 1. The molecule has 0 saturated heterocycles. The second kappa shape index (κ2) is 4.96. The Morgan fingerprint density at radius 1 is 1.44 bits per heavy atom. The zero-order valence-corrected chi connectivity index (χ0v) is 11.1. The van der Waals surface area contributed by atoms with Crippen LogP contribution >= 0.6 is 22.9 Å². The van der Waals surface area contributed by atoms with E-state index in [2.05, 4.69) is 10.3 Å². The molecular formula is C13H12ClFN2S. The molecule has 1 unspecified atom stereocenters. The summed E-state index contributed by atoms with van der Waals surface area (Å²) in [5.74, 6) is -0.312. The fraction of sp³-hybridized carbons (Fsp3) is 0.308. The number of halogens is 2. The third-order valence-electron chi connectivity index (χ3n) is 2.95. The number of aromatic nitrogens is 1. The van der Waals surface area contributed by atoms with E-state index in [0.29, 0.717) is 11.1 Å². The van der Waals surface area contributed by atoms with E-state index in [4.69, 9.17) is 11.6 Å². The summed E-state index contributed by atoms with van der Waals surface area (Å²) in [4.78, 5) is 4.34. The van der Waals surface area contributed by atoms with Crippen LogP contribution < -0.4 is 5.32 Å². The topological polar surface area (TPSA) is 24.9 Å². The summed E-state index contributed by atoms with van der Waals surface area (Å²) in [7, 11) is 0.